The summed E-state index contributed by atoms with van der Waals surface area (Å²) in [5.74, 6) is -0.654. The highest BCUT2D eigenvalue weighted by Gasteiger charge is 2.37. The van der Waals surface area contributed by atoms with Gasteiger partial charge in [-0.25, -0.2) is 4.79 Å². The minimum atomic E-state index is -0.880. The van der Waals surface area contributed by atoms with Gasteiger partial charge in [-0.15, -0.1) is 11.3 Å². The third-order valence-corrected chi connectivity index (χ3v) is 7.05. The van der Waals surface area contributed by atoms with Crippen molar-refractivity contribution in [3.8, 4) is 0 Å². The number of carboxylic acid groups (broad SMARTS) is 1. The van der Waals surface area contributed by atoms with Gasteiger partial charge in [0.15, 0.2) is 0 Å². The van der Waals surface area contributed by atoms with Crippen LogP contribution in [-0.4, -0.2) is 44.7 Å². The second kappa shape index (κ2) is 11.8. The molecule has 5 atom stereocenters. The molecule has 168 valence electrons. The predicted octanol–water partition coefficient (Wildman–Crippen LogP) is 4.57. The number of aryl methyl sites for hydroxylation is 1. The summed E-state index contributed by atoms with van der Waals surface area (Å²) >= 11 is 1.33. The van der Waals surface area contributed by atoms with Gasteiger partial charge in [0.1, 0.15) is 4.88 Å². The summed E-state index contributed by atoms with van der Waals surface area (Å²) in [6.07, 6.45) is 7.81. The van der Waals surface area contributed by atoms with Gasteiger partial charge in [-0.2, -0.15) is 0 Å². The zero-order valence-corrected chi connectivity index (χ0v) is 19.1. The van der Waals surface area contributed by atoms with E-state index >= 15 is 0 Å². The Kier molecular flexibility index (Phi) is 9.75. The first-order chi connectivity index (χ1) is 14.2. The van der Waals surface area contributed by atoms with Crippen LogP contribution in [0.3, 0.4) is 0 Å². The molecule has 1 aromatic rings. The van der Waals surface area contributed by atoms with Crippen LogP contribution in [-0.2, 0) is 6.42 Å². The van der Waals surface area contributed by atoms with E-state index in [0.717, 1.165) is 30.6 Å². The van der Waals surface area contributed by atoms with Crippen molar-refractivity contribution < 1.29 is 25.2 Å². The number of hydrogen-bond donors (Lipinski definition) is 4. The Hall–Kier alpha value is -1.47. The maximum atomic E-state index is 11.1. The smallest absolute Gasteiger partial charge is 0.345 e. The first-order valence-corrected chi connectivity index (χ1v) is 11.7. The van der Waals surface area contributed by atoms with Crippen molar-refractivity contribution in [2.45, 2.75) is 84.0 Å². The van der Waals surface area contributed by atoms with E-state index < -0.39 is 18.2 Å². The van der Waals surface area contributed by atoms with Crippen molar-refractivity contribution >= 4 is 17.3 Å². The molecule has 1 fully saturated rings. The van der Waals surface area contributed by atoms with Gasteiger partial charge in [-0.1, -0.05) is 23.3 Å². The van der Waals surface area contributed by atoms with Crippen LogP contribution in [0.5, 0.6) is 0 Å². The highest BCUT2D eigenvalue weighted by atomic mass is 32.1. The van der Waals surface area contributed by atoms with Crippen LogP contribution in [0, 0.1) is 11.8 Å². The number of aliphatic hydroxyl groups excluding tert-OH is 3. The average molecular weight is 437 g/mol. The Balaban J connectivity index is 1.98. The lowest BCUT2D eigenvalue weighted by Gasteiger charge is -2.21. The van der Waals surface area contributed by atoms with Gasteiger partial charge >= 0.3 is 5.97 Å². The van der Waals surface area contributed by atoms with Crippen LogP contribution >= 0.6 is 11.3 Å². The molecule has 1 aromatic heterocycles. The lowest BCUT2D eigenvalue weighted by Crippen LogP contribution is -2.18. The SMILES string of the molecule is CC(C)=C1C[C@@H](O)[C@H](C=C[C@@H](O)CCC[C@@H](C)O)[C@H]1CCCc1ccc(C(=O)O)s1. The van der Waals surface area contributed by atoms with Gasteiger partial charge in [-0.05, 0) is 83.8 Å². The topological polar surface area (TPSA) is 98.0 Å². The Morgan fingerprint density at radius 2 is 1.97 bits per heavy atom. The van der Waals surface area contributed by atoms with Gasteiger partial charge < -0.3 is 20.4 Å². The first-order valence-electron chi connectivity index (χ1n) is 10.9. The highest BCUT2D eigenvalue weighted by Crippen LogP contribution is 2.42. The Morgan fingerprint density at radius 3 is 2.57 bits per heavy atom. The summed E-state index contributed by atoms with van der Waals surface area (Å²) in [7, 11) is 0. The van der Waals surface area contributed by atoms with Crippen LogP contribution in [0.1, 0.15) is 73.8 Å². The van der Waals surface area contributed by atoms with E-state index in [1.54, 1.807) is 19.1 Å². The van der Waals surface area contributed by atoms with Crippen LogP contribution in [0.4, 0.5) is 0 Å². The van der Waals surface area contributed by atoms with E-state index in [9.17, 15) is 20.1 Å². The molecule has 0 aromatic carbocycles. The summed E-state index contributed by atoms with van der Waals surface area (Å²) in [6.45, 7) is 5.93. The van der Waals surface area contributed by atoms with Gasteiger partial charge in [0, 0.05) is 10.8 Å². The van der Waals surface area contributed by atoms with Crippen LogP contribution in [0.15, 0.2) is 35.4 Å². The van der Waals surface area contributed by atoms with E-state index in [1.165, 1.54) is 22.5 Å². The standard InChI is InChI=1S/C24H36O5S/c1-15(2)21-14-22(27)20(12-10-17(26)7-4-6-16(3)25)19(21)9-5-8-18-11-13-23(30-18)24(28)29/h10-13,16-17,19-20,22,25-27H,4-9,14H2,1-3H3,(H,28,29)/t16-,17+,19-,20-,22-/m1/s1. The third kappa shape index (κ3) is 7.34. The fourth-order valence-electron chi connectivity index (χ4n) is 4.32. The molecule has 2 rings (SSSR count). The largest absolute Gasteiger partial charge is 0.477 e. The normalized spacial score (nSPS) is 23.8. The Morgan fingerprint density at radius 1 is 1.23 bits per heavy atom. The quantitative estimate of drug-likeness (QED) is 0.381. The molecule has 0 bridgehead atoms. The maximum Gasteiger partial charge on any atom is 0.345 e. The minimum Gasteiger partial charge on any atom is -0.477 e. The van der Waals surface area contributed by atoms with Crippen LogP contribution in [0.2, 0.25) is 0 Å². The van der Waals surface area contributed by atoms with E-state index in [4.69, 9.17) is 5.11 Å². The number of allylic oxidation sites excluding steroid dienone is 1. The monoisotopic (exact) mass is 436 g/mol. The molecule has 6 heteroatoms. The molecule has 0 aliphatic heterocycles. The molecule has 0 spiro atoms. The Bertz CT molecular complexity index is 745. The van der Waals surface area contributed by atoms with Crippen molar-refractivity contribution in [1.29, 1.82) is 0 Å². The van der Waals surface area contributed by atoms with Crippen molar-refractivity contribution in [2.24, 2.45) is 11.8 Å². The molecule has 1 aliphatic rings. The molecular formula is C24H36O5S. The summed E-state index contributed by atoms with van der Waals surface area (Å²) in [5.41, 5.74) is 2.55. The molecule has 5 nitrogen and oxygen atoms in total. The number of carbonyl (C=O) groups is 1. The van der Waals surface area contributed by atoms with Crippen molar-refractivity contribution in [2.75, 3.05) is 0 Å². The zero-order valence-electron chi connectivity index (χ0n) is 18.3. The maximum absolute atomic E-state index is 11.1. The van der Waals surface area contributed by atoms with Crippen LogP contribution < -0.4 is 0 Å². The zero-order chi connectivity index (χ0) is 22.3. The Labute approximate surface area is 183 Å². The molecule has 0 radical (unpaired) electrons. The number of thiophene rings is 1. The molecule has 1 saturated carbocycles. The van der Waals surface area contributed by atoms with Crippen LogP contribution in [0.25, 0.3) is 0 Å². The molecule has 0 amide bonds. The third-order valence-electron chi connectivity index (χ3n) is 5.92. The summed E-state index contributed by atoms with van der Waals surface area (Å²) in [5, 5.41) is 39.3. The fraction of sp³-hybridized carbons (Fsp3) is 0.625. The highest BCUT2D eigenvalue weighted by molar-refractivity contribution is 7.13. The molecular weight excluding hydrogens is 400 g/mol. The van der Waals surface area contributed by atoms with Crippen molar-refractivity contribution in [3.63, 3.8) is 0 Å². The second-order valence-electron chi connectivity index (χ2n) is 8.68. The number of aliphatic hydroxyl groups is 3. The number of carboxylic acids is 1. The number of rotatable bonds is 11. The predicted molar refractivity (Wildman–Crippen MR) is 121 cm³/mol. The molecule has 4 N–H and O–H groups in total. The van der Waals surface area contributed by atoms with Crippen molar-refractivity contribution in [1.82, 2.24) is 0 Å². The van der Waals surface area contributed by atoms with Gasteiger partial charge in [-0.3, -0.25) is 0 Å². The lowest BCUT2D eigenvalue weighted by atomic mass is 9.85. The summed E-state index contributed by atoms with van der Waals surface area (Å²) < 4.78 is 0. The first kappa shape index (κ1) is 24.8. The molecule has 1 heterocycles. The van der Waals surface area contributed by atoms with E-state index in [0.29, 0.717) is 24.1 Å². The molecule has 0 saturated heterocycles. The number of aromatic carboxylic acids is 1. The minimum absolute atomic E-state index is 0.0146. The molecule has 1 aliphatic carbocycles. The lowest BCUT2D eigenvalue weighted by molar-refractivity contribution is 0.0702. The van der Waals surface area contributed by atoms with E-state index in [-0.39, 0.29) is 17.9 Å². The van der Waals surface area contributed by atoms with E-state index in [1.807, 2.05) is 12.1 Å². The molecule has 0 unspecified atom stereocenters. The van der Waals surface area contributed by atoms with Crippen molar-refractivity contribution in [3.05, 3.63) is 45.2 Å². The van der Waals surface area contributed by atoms with Gasteiger partial charge in [0.05, 0.1) is 18.3 Å². The average Bonchev–Trinajstić information content (AvgIpc) is 3.25. The second-order valence-corrected chi connectivity index (χ2v) is 9.84. The fourth-order valence-corrected chi connectivity index (χ4v) is 5.20. The van der Waals surface area contributed by atoms with Gasteiger partial charge in [0.2, 0.25) is 0 Å². The molecule has 30 heavy (non-hydrogen) atoms. The van der Waals surface area contributed by atoms with Gasteiger partial charge in [0.25, 0.3) is 0 Å². The summed E-state index contributed by atoms with van der Waals surface area (Å²) in [6, 6.07) is 3.55. The van der Waals surface area contributed by atoms with E-state index in [2.05, 4.69) is 13.8 Å². The number of hydrogen-bond acceptors (Lipinski definition) is 5. The summed E-state index contributed by atoms with van der Waals surface area (Å²) in [4.78, 5) is 12.5.